The number of carbonyl (C=O) groups is 2. The van der Waals surface area contributed by atoms with Crippen molar-refractivity contribution in [2.45, 2.75) is 90.6 Å². The van der Waals surface area contributed by atoms with Gasteiger partial charge in [-0.1, -0.05) is 19.3 Å². The van der Waals surface area contributed by atoms with Crippen molar-refractivity contribution in [3.05, 3.63) is 0 Å². The van der Waals surface area contributed by atoms with Gasteiger partial charge in [0.2, 0.25) is 5.91 Å². The van der Waals surface area contributed by atoms with Gasteiger partial charge in [0, 0.05) is 45.3 Å². The molecule has 0 bridgehead atoms. The predicted molar refractivity (Wildman–Crippen MR) is 122 cm³/mol. The molecule has 3 fully saturated rings. The standard InChI is InChI=1S/C25H44N2O4/c1-25(2,3)31-24(29)27-16-11-21(12-17-27)19-30-18-13-20-9-14-26(15-10-20)23(28)22-7-5-4-6-8-22/h20-22H,4-19H2,1-3H3. The molecule has 3 rings (SSSR count). The van der Waals surface area contributed by atoms with Crippen LogP contribution in [0.1, 0.15) is 85.0 Å². The minimum Gasteiger partial charge on any atom is -0.444 e. The van der Waals surface area contributed by atoms with E-state index in [2.05, 4.69) is 4.90 Å². The van der Waals surface area contributed by atoms with Crippen molar-refractivity contribution < 1.29 is 19.1 Å². The Bertz CT molecular complexity index is 567. The van der Waals surface area contributed by atoms with Gasteiger partial charge < -0.3 is 19.3 Å². The van der Waals surface area contributed by atoms with Gasteiger partial charge in [-0.2, -0.15) is 0 Å². The summed E-state index contributed by atoms with van der Waals surface area (Å²) >= 11 is 0. The maximum Gasteiger partial charge on any atom is 0.410 e. The highest BCUT2D eigenvalue weighted by Gasteiger charge is 2.29. The maximum atomic E-state index is 12.7. The molecule has 0 aromatic heterocycles. The van der Waals surface area contributed by atoms with Crippen LogP contribution in [0.25, 0.3) is 0 Å². The third-order valence-electron chi connectivity index (χ3n) is 7.17. The number of rotatable bonds is 6. The number of hydrogen-bond donors (Lipinski definition) is 0. The van der Waals surface area contributed by atoms with Crippen LogP contribution < -0.4 is 0 Å². The molecule has 0 aromatic rings. The largest absolute Gasteiger partial charge is 0.444 e. The summed E-state index contributed by atoms with van der Waals surface area (Å²) in [5, 5.41) is 0. The lowest BCUT2D eigenvalue weighted by Gasteiger charge is -2.35. The summed E-state index contributed by atoms with van der Waals surface area (Å²) in [6.07, 6.45) is 11.1. The Kier molecular flexibility index (Phi) is 9.06. The van der Waals surface area contributed by atoms with Gasteiger partial charge in [-0.25, -0.2) is 4.79 Å². The Morgan fingerprint density at radius 3 is 2.00 bits per heavy atom. The van der Waals surface area contributed by atoms with E-state index in [1.54, 1.807) is 0 Å². The number of amides is 2. The zero-order valence-corrected chi connectivity index (χ0v) is 20.1. The van der Waals surface area contributed by atoms with Crippen LogP contribution >= 0.6 is 0 Å². The molecule has 0 atom stereocenters. The zero-order valence-electron chi connectivity index (χ0n) is 20.1. The normalized spacial score (nSPS) is 22.5. The smallest absolute Gasteiger partial charge is 0.410 e. The molecule has 178 valence electrons. The van der Waals surface area contributed by atoms with Crippen molar-refractivity contribution in [2.75, 3.05) is 39.4 Å². The minimum atomic E-state index is -0.434. The lowest BCUT2D eigenvalue weighted by atomic mass is 9.87. The van der Waals surface area contributed by atoms with E-state index < -0.39 is 5.60 Å². The minimum absolute atomic E-state index is 0.194. The maximum absolute atomic E-state index is 12.7. The van der Waals surface area contributed by atoms with Crippen molar-refractivity contribution in [1.82, 2.24) is 9.80 Å². The first-order valence-electron chi connectivity index (χ1n) is 12.7. The van der Waals surface area contributed by atoms with Crippen LogP contribution in [0.5, 0.6) is 0 Å². The Morgan fingerprint density at radius 1 is 0.806 bits per heavy atom. The summed E-state index contributed by atoms with van der Waals surface area (Å²) in [5.41, 5.74) is -0.434. The van der Waals surface area contributed by atoms with Crippen molar-refractivity contribution in [3.63, 3.8) is 0 Å². The molecule has 0 unspecified atom stereocenters. The molecule has 1 aliphatic carbocycles. The molecule has 0 aromatic carbocycles. The number of nitrogens with zero attached hydrogens (tertiary/aromatic N) is 2. The average Bonchev–Trinajstić information content (AvgIpc) is 2.76. The third-order valence-corrected chi connectivity index (χ3v) is 7.17. The molecular weight excluding hydrogens is 392 g/mol. The molecule has 2 saturated heterocycles. The molecule has 31 heavy (non-hydrogen) atoms. The fraction of sp³-hybridized carbons (Fsp3) is 0.920. The van der Waals surface area contributed by atoms with Crippen LogP contribution in [-0.4, -0.2) is 66.8 Å². The predicted octanol–water partition coefficient (Wildman–Crippen LogP) is 4.86. The summed E-state index contributed by atoms with van der Waals surface area (Å²) in [5.74, 6) is 1.94. The third kappa shape index (κ3) is 7.96. The summed E-state index contributed by atoms with van der Waals surface area (Å²) < 4.78 is 11.5. The second-order valence-electron chi connectivity index (χ2n) is 10.9. The summed E-state index contributed by atoms with van der Waals surface area (Å²) in [7, 11) is 0. The van der Waals surface area contributed by atoms with Gasteiger partial charge in [-0.15, -0.1) is 0 Å². The monoisotopic (exact) mass is 436 g/mol. The Balaban J connectivity index is 1.24. The van der Waals surface area contributed by atoms with Gasteiger partial charge in [0.15, 0.2) is 0 Å². The Hall–Kier alpha value is -1.30. The summed E-state index contributed by atoms with van der Waals surface area (Å²) in [6.45, 7) is 10.7. The van der Waals surface area contributed by atoms with Crippen LogP contribution in [0.4, 0.5) is 4.79 Å². The number of carbonyl (C=O) groups excluding carboxylic acids is 2. The van der Waals surface area contributed by atoms with Crippen LogP contribution in [0.3, 0.4) is 0 Å². The van der Waals surface area contributed by atoms with Crippen molar-refractivity contribution >= 4 is 12.0 Å². The van der Waals surface area contributed by atoms with Gasteiger partial charge in [0.1, 0.15) is 5.60 Å². The van der Waals surface area contributed by atoms with Gasteiger partial charge in [-0.05, 0) is 77.6 Å². The van der Waals surface area contributed by atoms with Crippen molar-refractivity contribution in [2.24, 2.45) is 17.8 Å². The number of likely N-dealkylation sites (tertiary alicyclic amines) is 2. The van der Waals surface area contributed by atoms with Crippen molar-refractivity contribution in [3.8, 4) is 0 Å². The van der Waals surface area contributed by atoms with Gasteiger partial charge in [0.25, 0.3) is 0 Å². The molecule has 0 spiro atoms. The van der Waals surface area contributed by atoms with E-state index in [4.69, 9.17) is 9.47 Å². The fourth-order valence-electron chi connectivity index (χ4n) is 5.16. The van der Waals surface area contributed by atoms with Crippen LogP contribution in [0.15, 0.2) is 0 Å². The van der Waals surface area contributed by atoms with Gasteiger partial charge in [-0.3, -0.25) is 4.79 Å². The van der Waals surface area contributed by atoms with Crippen LogP contribution in [-0.2, 0) is 14.3 Å². The topological polar surface area (TPSA) is 59.1 Å². The lowest BCUT2D eigenvalue weighted by Crippen LogP contribution is -2.42. The van der Waals surface area contributed by atoms with E-state index in [0.717, 1.165) is 84.3 Å². The first-order chi connectivity index (χ1) is 14.8. The quantitative estimate of drug-likeness (QED) is 0.558. The Morgan fingerprint density at radius 2 is 1.39 bits per heavy atom. The summed E-state index contributed by atoms with van der Waals surface area (Å²) in [6, 6.07) is 0. The molecule has 2 aliphatic heterocycles. The Labute approximate surface area is 189 Å². The molecule has 0 radical (unpaired) electrons. The summed E-state index contributed by atoms with van der Waals surface area (Å²) in [4.78, 5) is 28.8. The van der Waals surface area contributed by atoms with Crippen LogP contribution in [0.2, 0.25) is 0 Å². The van der Waals surface area contributed by atoms with Gasteiger partial charge in [0.05, 0.1) is 0 Å². The number of ether oxygens (including phenoxy) is 2. The van der Waals surface area contributed by atoms with E-state index in [-0.39, 0.29) is 6.09 Å². The molecule has 6 heteroatoms. The van der Waals surface area contributed by atoms with Crippen LogP contribution in [0, 0.1) is 17.8 Å². The molecule has 1 saturated carbocycles. The highest BCUT2D eigenvalue weighted by atomic mass is 16.6. The first kappa shape index (κ1) is 24.3. The highest BCUT2D eigenvalue weighted by Crippen LogP contribution is 2.28. The van der Waals surface area contributed by atoms with E-state index in [1.807, 2.05) is 25.7 Å². The average molecular weight is 437 g/mol. The first-order valence-corrected chi connectivity index (χ1v) is 12.7. The second-order valence-corrected chi connectivity index (χ2v) is 10.9. The zero-order chi connectivity index (χ0) is 22.3. The van der Waals surface area contributed by atoms with E-state index in [9.17, 15) is 9.59 Å². The van der Waals surface area contributed by atoms with E-state index in [0.29, 0.717) is 23.7 Å². The van der Waals surface area contributed by atoms with Gasteiger partial charge >= 0.3 is 6.09 Å². The van der Waals surface area contributed by atoms with E-state index in [1.165, 1.54) is 19.3 Å². The molecule has 2 amide bonds. The highest BCUT2D eigenvalue weighted by molar-refractivity contribution is 5.79. The fourth-order valence-corrected chi connectivity index (χ4v) is 5.16. The SMILES string of the molecule is CC(C)(C)OC(=O)N1CCC(COCCC2CCN(C(=O)C3CCCCC3)CC2)CC1. The van der Waals surface area contributed by atoms with Crippen molar-refractivity contribution in [1.29, 1.82) is 0 Å². The van der Waals surface area contributed by atoms with E-state index >= 15 is 0 Å². The molecule has 2 heterocycles. The number of piperidine rings is 2. The molecule has 0 N–H and O–H groups in total. The lowest BCUT2D eigenvalue weighted by molar-refractivity contribution is -0.138. The number of hydrogen-bond acceptors (Lipinski definition) is 4. The molecule has 6 nitrogen and oxygen atoms in total. The molecular formula is C25H44N2O4. The second kappa shape index (κ2) is 11.5. The molecule has 3 aliphatic rings.